The molecule has 1 aromatic rings. The summed E-state index contributed by atoms with van der Waals surface area (Å²) in [5, 5.41) is 3.33. The van der Waals surface area contributed by atoms with Gasteiger partial charge >= 0.3 is 0 Å². The normalized spacial score (nSPS) is 11.4. The Balaban J connectivity index is 3.02. The van der Waals surface area contributed by atoms with E-state index in [9.17, 15) is 4.39 Å². The zero-order chi connectivity index (χ0) is 14.4. The Hall–Kier alpha value is -1.16. The van der Waals surface area contributed by atoms with Gasteiger partial charge in [-0.05, 0) is 26.3 Å². The van der Waals surface area contributed by atoms with Crippen molar-refractivity contribution < 1.29 is 4.39 Å². The molecule has 0 aliphatic heterocycles. The fraction of sp³-hybridized carbons (Fsp3) is 0.667. The Bertz CT molecular complexity index is 391. The zero-order valence-corrected chi connectivity index (χ0v) is 12.7. The first-order chi connectivity index (χ1) is 8.95. The van der Waals surface area contributed by atoms with Crippen molar-refractivity contribution in [1.29, 1.82) is 0 Å². The maximum Gasteiger partial charge on any atom is 0.141 e. The molecule has 0 aromatic carbocycles. The van der Waals surface area contributed by atoms with E-state index in [1.165, 1.54) is 6.20 Å². The maximum atomic E-state index is 13.4. The zero-order valence-electron chi connectivity index (χ0n) is 12.7. The molecule has 0 saturated carbocycles. The van der Waals surface area contributed by atoms with E-state index in [0.29, 0.717) is 18.6 Å². The first kappa shape index (κ1) is 15.9. The van der Waals surface area contributed by atoms with Gasteiger partial charge in [-0.2, -0.15) is 0 Å². The smallest absolute Gasteiger partial charge is 0.141 e. The van der Waals surface area contributed by atoms with Crippen LogP contribution in [0, 0.1) is 5.82 Å². The molecule has 0 unspecified atom stereocenters. The van der Waals surface area contributed by atoms with Gasteiger partial charge in [0.05, 0.1) is 6.20 Å². The summed E-state index contributed by atoms with van der Waals surface area (Å²) in [5.41, 5.74) is 0.927. The Morgan fingerprint density at radius 3 is 2.53 bits per heavy atom. The molecule has 1 rings (SSSR count). The van der Waals surface area contributed by atoms with Crippen molar-refractivity contribution in [2.24, 2.45) is 0 Å². The molecule has 1 heterocycles. The Labute approximate surface area is 116 Å². The Morgan fingerprint density at radius 2 is 2.00 bits per heavy atom. The van der Waals surface area contributed by atoms with Crippen LogP contribution < -0.4 is 10.2 Å². The van der Waals surface area contributed by atoms with Crippen LogP contribution in [0.25, 0.3) is 0 Å². The van der Waals surface area contributed by atoms with Crippen LogP contribution in [0.4, 0.5) is 10.2 Å². The van der Waals surface area contributed by atoms with Crippen molar-refractivity contribution in [2.75, 3.05) is 11.4 Å². The van der Waals surface area contributed by atoms with Gasteiger partial charge < -0.3 is 10.2 Å². The number of anilines is 1. The van der Waals surface area contributed by atoms with E-state index >= 15 is 0 Å². The second kappa shape index (κ2) is 7.43. The van der Waals surface area contributed by atoms with Gasteiger partial charge in [0.15, 0.2) is 0 Å². The molecule has 0 aliphatic carbocycles. The molecule has 1 N–H and O–H groups in total. The molecule has 19 heavy (non-hydrogen) atoms. The predicted molar refractivity (Wildman–Crippen MR) is 78.9 cm³/mol. The van der Waals surface area contributed by atoms with Crippen LogP contribution >= 0.6 is 0 Å². The Kier molecular flexibility index (Phi) is 6.22. The van der Waals surface area contributed by atoms with Crippen molar-refractivity contribution in [2.45, 2.75) is 59.7 Å². The van der Waals surface area contributed by atoms with E-state index in [0.717, 1.165) is 24.3 Å². The highest BCUT2D eigenvalue weighted by Gasteiger charge is 2.16. The van der Waals surface area contributed by atoms with Crippen molar-refractivity contribution in [1.82, 2.24) is 10.3 Å². The second-order valence-electron chi connectivity index (χ2n) is 5.46. The minimum absolute atomic E-state index is 0.274. The summed E-state index contributed by atoms with van der Waals surface area (Å²) in [5.74, 6) is 0.621. The summed E-state index contributed by atoms with van der Waals surface area (Å²) in [6.07, 6.45) is 2.35. The number of nitrogens with zero attached hydrogens (tertiary/aromatic N) is 2. The first-order valence-corrected chi connectivity index (χ1v) is 7.10. The van der Waals surface area contributed by atoms with Crippen molar-refractivity contribution >= 4 is 5.82 Å². The third kappa shape index (κ3) is 4.78. The monoisotopic (exact) mass is 267 g/mol. The van der Waals surface area contributed by atoms with Gasteiger partial charge in [-0.1, -0.05) is 20.8 Å². The maximum absolute atomic E-state index is 13.4. The van der Waals surface area contributed by atoms with Crippen LogP contribution in [0.3, 0.4) is 0 Å². The summed E-state index contributed by atoms with van der Waals surface area (Å²) in [6.45, 7) is 12.2. The van der Waals surface area contributed by atoms with Crippen molar-refractivity contribution in [3.05, 3.63) is 23.6 Å². The quantitative estimate of drug-likeness (QED) is 0.821. The molecule has 0 aliphatic rings. The van der Waals surface area contributed by atoms with Crippen LogP contribution in [-0.2, 0) is 6.54 Å². The summed E-state index contributed by atoms with van der Waals surface area (Å²) < 4.78 is 13.4. The van der Waals surface area contributed by atoms with Crippen LogP contribution in [-0.4, -0.2) is 23.6 Å². The average molecular weight is 267 g/mol. The van der Waals surface area contributed by atoms with Crippen LogP contribution in [0.2, 0.25) is 0 Å². The molecule has 108 valence electrons. The third-order valence-corrected chi connectivity index (χ3v) is 2.97. The summed E-state index contributed by atoms with van der Waals surface area (Å²) in [6, 6.07) is 2.31. The molecule has 0 saturated heterocycles. The number of pyridine rings is 1. The van der Waals surface area contributed by atoms with Gasteiger partial charge in [-0.15, -0.1) is 0 Å². The molecule has 0 fully saturated rings. The number of hydrogen-bond acceptors (Lipinski definition) is 3. The first-order valence-electron chi connectivity index (χ1n) is 7.10. The van der Waals surface area contributed by atoms with E-state index in [1.807, 2.05) is 0 Å². The van der Waals surface area contributed by atoms with Gasteiger partial charge in [0, 0.05) is 30.7 Å². The van der Waals surface area contributed by atoms with E-state index in [2.05, 4.69) is 49.8 Å². The number of aromatic nitrogens is 1. The van der Waals surface area contributed by atoms with E-state index < -0.39 is 0 Å². The van der Waals surface area contributed by atoms with Gasteiger partial charge in [0.25, 0.3) is 0 Å². The van der Waals surface area contributed by atoms with E-state index in [4.69, 9.17) is 0 Å². The number of rotatable bonds is 7. The van der Waals surface area contributed by atoms with Crippen LogP contribution in [0.5, 0.6) is 0 Å². The number of hydrogen-bond donors (Lipinski definition) is 1. The minimum atomic E-state index is -0.274. The fourth-order valence-electron chi connectivity index (χ4n) is 2.03. The molecule has 0 bridgehead atoms. The molecular weight excluding hydrogens is 241 g/mol. The predicted octanol–water partition coefficient (Wildman–Crippen LogP) is 3.34. The molecule has 0 radical (unpaired) electrons. The van der Waals surface area contributed by atoms with E-state index in [1.54, 1.807) is 6.07 Å². The lowest BCUT2D eigenvalue weighted by Crippen LogP contribution is -2.34. The lowest BCUT2D eigenvalue weighted by molar-refractivity contribution is 0.571. The lowest BCUT2D eigenvalue weighted by Gasteiger charge is -2.29. The van der Waals surface area contributed by atoms with Crippen molar-refractivity contribution in [3.63, 3.8) is 0 Å². The second-order valence-corrected chi connectivity index (χ2v) is 5.46. The standard InChI is InChI=1S/C15H26FN3/c1-6-7-19(12(4)5)15-13(9-17-11(2)3)8-14(16)10-18-15/h8,10-12,17H,6-7,9H2,1-5H3. The van der Waals surface area contributed by atoms with Crippen molar-refractivity contribution in [3.8, 4) is 0 Å². The highest BCUT2D eigenvalue weighted by atomic mass is 19.1. The van der Waals surface area contributed by atoms with Gasteiger partial charge in [-0.25, -0.2) is 9.37 Å². The summed E-state index contributed by atoms with van der Waals surface area (Å²) >= 11 is 0. The highest BCUT2D eigenvalue weighted by Crippen LogP contribution is 2.21. The number of nitrogens with one attached hydrogen (secondary N) is 1. The molecule has 0 amide bonds. The highest BCUT2D eigenvalue weighted by molar-refractivity contribution is 5.47. The van der Waals surface area contributed by atoms with E-state index in [-0.39, 0.29) is 5.82 Å². The molecule has 4 heteroatoms. The topological polar surface area (TPSA) is 28.2 Å². The molecule has 3 nitrogen and oxygen atoms in total. The largest absolute Gasteiger partial charge is 0.354 e. The third-order valence-electron chi connectivity index (χ3n) is 2.97. The molecule has 0 atom stereocenters. The molecule has 1 aromatic heterocycles. The van der Waals surface area contributed by atoms with Gasteiger partial charge in [-0.3, -0.25) is 0 Å². The number of halogens is 1. The van der Waals surface area contributed by atoms with Gasteiger partial charge in [0.2, 0.25) is 0 Å². The van der Waals surface area contributed by atoms with Crippen LogP contribution in [0.1, 0.15) is 46.6 Å². The Morgan fingerprint density at radius 1 is 1.32 bits per heavy atom. The molecule has 0 spiro atoms. The van der Waals surface area contributed by atoms with Gasteiger partial charge in [0.1, 0.15) is 11.6 Å². The minimum Gasteiger partial charge on any atom is -0.354 e. The lowest BCUT2D eigenvalue weighted by atomic mass is 10.2. The summed E-state index contributed by atoms with van der Waals surface area (Å²) in [4.78, 5) is 6.54. The SMILES string of the molecule is CCCN(c1ncc(F)cc1CNC(C)C)C(C)C. The molecular formula is C15H26FN3. The average Bonchev–Trinajstić information content (AvgIpc) is 2.34. The van der Waals surface area contributed by atoms with Crippen LogP contribution in [0.15, 0.2) is 12.3 Å². The fourth-order valence-corrected chi connectivity index (χ4v) is 2.03. The summed E-state index contributed by atoms with van der Waals surface area (Å²) in [7, 11) is 0.